The van der Waals surface area contributed by atoms with Gasteiger partial charge in [0.05, 0.1) is 13.0 Å². The van der Waals surface area contributed by atoms with Crippen LogP contribution in [0.5, 0.6) is 5.75 Å². The van der Waals surface area contributed by atoms with Crippen molar-refractivity contribution in [3.05, 3.63) is 24.3 Å². The molecule has 1 heterocycles. The number of nitrogens with one attached hydrogen (secondary N) is 2. The van der Waals surface area contributed by atoms with Gasteiger partial charge in [0, 0.05) is 12.8 Å². The van der Waals surface area contributed by atoms with Crippen molar-refractivity contribution in [2.24, 2.45) is 5.73 Å². The van der Waals surface area contributed by atoms with Gasteiger partial charge in [-0.15, -0.1) is 0 Å². The molecule has 4 N–H and O–H groups in total. The number of hydrogen-bond donors (Lipinski definition) is 3. The second-order valence-electron chi connectivity index (χ2n) is 5.49. The van der Waals surface area contributed by atoms with Crippen molar-refractivity contribution in [1.82, 2.24) is 5.32 Å². The monoisotopic (exact) mass is 321 g/mol. The van der Waals surface area contributed by atoms with Crippen LogP contribution in [0.4, 0.5) is 5.69 Å². The summed E-state index contributed by atoms with van der Waals surface area (Å²) in [5, 5.41) is 6.10. The van der Waals surface area contributed by atoms with Gasteiger partial charge in [-0.3, -0.25) is 9.59 Å². The zero-order valence-corrected chi connectivity index (χ0v) is 13.3. The lowest BCUT2D eigenvalue weighted by Crippen LogP contribution is -2.51. The van der Waals surface area contributed by atoms with Crippen LogP contribution in [0.1, 0.15) is 19.3 Å². The molecule has 0 radical (unpaired) electrons. The van der Waals surface area contributed by atoms with Crippen LogP contribution in [0, 0.1) is 0 Å². The summed E-state index contributed by atoms with van der Waals surface area (Å²) in [6, 6.07) is 6.97. The average molecular weight is 321 g/mol. The summed E-state index contributed by atoms with van der Waals surface area (Å²) in [4.78, 5) is 23.2. The zero-order valence-electron chi connectivity index (χ0n) is 13.3. The molecule has 0 saturated carbocycles. The van der Waals surface area contributed by atoms with E-state index in [1.165, 1.54) is 0 Å². The van der Waals surface area contributed by atoms with E-state index in [4.69, 9.17) is 15.2 Å². The molecule has 0 bridgehead atoms. The molecule has 0 atom stereocenters. The Bertz CT molecular complexity index is 539. The van der Waals surface area contributed by atoms with Crippen molar-refractivity contribution in [2.45, 2.75) is 24.9 Å². The number of carbonyl (C=O) groups is 2. The van der Waals surface area contributed by atoms with Crippen LogP contribution in [0.25, 0.3) is 0 Å². The molecule has 0 aliphatic carbocycles. The van der Waals surface area contributed by atoms with E-state index in [1.54, 1.807) is 31.4 Å². The Balaban J connectivity index is 1.92. The van der Waals surface area contributed by atoms with Gasteiger partial charge in [0.25, 0.3) is 5.91 Å². The van der Waals surface area contributed by atoms with Crippen molar-refractivity contribution in [3.8, 4) is 5.75 Å². The Hall–Kier alpha value is -2.12. The van der Waals surface area contributed by atoms with Crippen LogP contribution in [-0.2, 0) is 14.3 Å². The molecule has 1 aliphatic rings. The molecule has 2 rings (SSSR count). The Kier molecular flexibility index (Phi) is 5.95. The topological polar surface area (TPSA) is 103 Å². The fourth-order valence-corrected chi connectivity index (χ4v) is 2.50. The van der Waals surface area contributed by atoms with E-state index in [2.05, 4.69) is 10.6 Å². The number of hydrogen-bond acceptors (Lipinski definition) is 5. The molecule has 1 aromatic rings. The van der Waals surface area contributed by atoms with Crippen molar-refractivity contribution < 1.29 is 19.1 Å². The standard InChI is InChI=1S/C16H23N3O4/c1-22-16(7-9-18-10-8-16)15(21)19-12-2-4-13(5-3-12)23-11-6-14(17)20/h2-5,18H,6-11H2,1H3,(H2,17,20)(H,19,21). The smallest absolute Gasteiger partial charge is 0.256 e. The Morgan fingerprint density at radius 2 is 1.91 bits per heavy atom. The van der Waals surface area contributed by atoms with Gasteiger partial charge in [-0.05, 0) is 50.2 Å². The maximum absolute atomic E-state index is 12.5. The van der Waals surface area contributed by atoms with Gasteiger partial charge in [-0.1, -0.05) is 0 Å². The van der Waals surface area contributed by atoms with Gasteiger partial charge in [0.1, 0.15) is 11.4 Å². The molecule has 1 aliphatic heterocycles. The first kappa shape index (κ1) is 17.2. The molecule has 126 valence electrons. The van der Waals surface area contributed by atoms with E-state index in [9.17, 15) is 9.59 Å². The lowest BCUT2D eigenvalue weighted by atomic mass is 9.91. The molecule has 1 aromatic carbocycles. The number of anilines is 1. The zero-order chi connectivity index (χ0) is 16.7. The predicted octanol–water partition coefficient (Wildman–Crippen LogP) is 0.648. The minimum absolute atomic E-state index is 0.135. The van der Waals surface area contributed by atoms with Crippen molar-refractivity contribution in [2.75, 3.05) is 32.1 Å². The van der Waals surface area contributed by atoms with Crippen molar-refractivity contribution in [1.29, 1.82) is 0 Å². The Morgan fingerprint density at radius 3 is 2.48 bits per heavy atom. The van der Waals surface area contributed by atoms with Gasteiger partial charge in [-0.25, -0.2) is 0 Å². The van der Waals surface area contributed by atoms with Gasteiger partial charge in [0.2, 0.25) is 5.91 Å². The highest BCUT2D eigenvalue weighted by Crippen LogP contribution is 2.25. The maximum atomic E-state index is 12.5. The summed E-state index contributed by atoms with van der Waals surface area (Å²) in [7, 11) is 1.57. The summed E-state index contributed by atoms with van der Waals surface area (Å²) in [6.45, 7) is 1.75. The van der Waals surface area contributed by atoms with E-state index < -0.39 is 11.5 Å². The molecule has 1 saturated heterocycles. The van der Waals surface area contributed by atoms with Crippen LogP contribution in [0.3, 0.4) is 0 Å². The van der Waals surface area contributed by atoms with Gasteiger partial charge >= 0.3 is 0 Å². The Labute approximate surface area is 135 Å². The average Bonchev–Trinajstić information content (AvgIpc) is 2.56. The number of piperidine rings is 1. The summed E-state index contributed by atoms with van der Waals surface area (Å²) in [5.74, 6) is 0.0807. The summed E-state index contributed by atoms with van der Waals surface area (Å²) in [6.07, 6.45) is 1.45. The minimum Gasteiger partial charge on any atom is -0.493 e. The highest BCUT2D eigenvalue weighted by Gasteiger charge is 2.39. The van der Waals surface area contributed by atoms with Gasteiger partial charge in [0.15, 0.2) is 0 Å². The van der Waals surface area contributed by atoms with Crippen molar-refractivity contribution >= 4 is 17.5 Å². The first-order valence-corrected chi connectivity index (χ1v) is 7.64. The molecule has 7 nitrogen and oxygen atoms in total. The van der Waals surface area contributed by atoms with Crippen LogP contribution >= 0.6 is 0 Å². The SMILES string of the molecule is COC1(C(=O)Nc2ccc(OCCC(N)=O)cc2)CCNCC1. The van der Waals surface area contributed by atoms with Crippen LogP contribution in [-0.4, -0.2) is 44.2 Å². The Morgan fingerprint density at radius 1 is 1.26 bits per heavy atom. The molecular weight excluding hydrogens is 298 g/mol. The normalized spacial score (nSPS) is 16.6. The molecule has 0 spiro atoms. The highest BCUT2D eigenvalue weighted by atomic mass is 16.5. The van der Waals surface area contributed by atoms with Crippen LogP contribution in [0.15, 0.2) is 24.3 Å². The van der Waals surface area contributed by atoms with Crippen LogP contribution in [0.2, 0.25) is 0 Å². The van der Waals surface area contributed by atoms with Gasteiger partial charge in [-0.2, -0.15) is 0 Å². The predicted molar refractivity (Wildman–Crippen MR) is 86.2 cm³/mol. The largest absolute Gasteiger partial charge is 0.493 e. The lowest BCUT2D eigenvalue weighted by Gasteiger charge is -2.34. The molecular formula is C16H23N3O4. The second kappa shape index (κ2) is 7.94. The van der Waals surface area contributed by atoms with E-state index in [0.29, 0.717) is 24.3 Å². The summed E-state index contributed by atoms with van der Waals surface area (Å²) < 4.78 is 10.9. The first-order chi connectivity index (χ1) is 11.1. The molecule has 23 heavy (non-hydrogen) atoms. The maximum Gasteiger partial charge on any atom is 0.256 e. The molecule has 0 unspecified atom stereocenters. The first-order valence-electron chi connectivity index (χ1n) is 7.64. The number of ether oxygens (including phenoxy) is 2. The summed E-state index contributed by atoms with van der Waals surface area (Å²) in [5.41, 5.74) is 4.95. The number of benzene rings is 1. The number of amides is 2. The van der Waals surface area contributed by atoms with Crippen LogP contribution < -0.4 is 21.1 Å². The number of primary amides is 1. The number of nitrogens with two attached hydrogens (primary N) is 1. The third-order valence-corrected chi connectivity index (χ3v) is 3.95. The van der Waals surface area contributed by atoms with Gasteiger partial charge < -0.3 is 25.8 Å². The summed E-state index contributed by atoms with van der Waals surface area (Å²) >= 11 is 0. The molecule has 7 heteroatoms. The van der Waals surface area contributed by atoms with E-state index >= 15 is 0 Å². The fraction of sp³-hybridized carbons (Fsp3) is 0.500. The quantitative estimate of drug-likeness (QED) is 0.684. The molecule has 1 fully saturated rings. The fourth-order valence-electron chi connectivity index (χ4n) is 2.50. The van der Waals surface area contributed by atoms with E-state index in [-0.39, 0.29) is 18.9 Å². The highest BCUT2D eigenvalue weighted by molar-refractivity contribution is 5.97. The van der Waals surface area contributed by atoms with Crippen molar-refractivity contribution in [3.63, 3.8) is 0 Å². The van der Waals surface area contributed by atoms with E-state index in [0.717, 1.165) is 13.1 Å². The van der Waals surface area contributed by atoms with E-state index in [1.807, 2.05) is 0 Å². The molecule has 0 aromatic heterocycles. The lowest BCUT2D eigenvalue weighted by molar-refractivity contribution is -0.140. The number of methoxy groups -OCH3 is 1. The third kappa shape index (κ3) is 4.67. The number of rotatable bonds is 7. The third-order valence-electron chi connectivity index (χ3n) is 3.95. The number of carbonyl (C=O) groups excluding carboxylic acids is 2. The minimum atomic E-state index is -0.776. The molecule has 2 amide bonds. The second-order valence-corrected chi connectivity index (χ2v) is 5.49.